The number of anilines is 1. The molecule has 0 spiro atoms. The van der Waals surface area contributed by atoms with Crippen molar-refractivity contribution < 1.29 is 9.72 Å². The van der Waals surface area contributed by atoms with Gasteiger partial charge in [-0.2, -0.15) is 5.10 Å². The molecule has 1 fully saturated rings. The Morgan fingerprint density at radius 1 is 1.38 bits per heavy atom. The van der Waals surface area contributed by atoms with E-state index in [9.17, 15) is 14.9 Å². The van der Waals surface area contributed by atoms with Crippen molar-refractivity contribution in [2.75, 3.05) is 38.6 Å². The van der Waals surface area contributed by atoms with Gasteiger partial charge in [-0.05, 0) is 32.0 Å². The van der Waals surface area contributed by atoms with Crippen LogP contribution < -0.4 is 10.3 Å². The summed E-state index contributed by atoms with van der Waals surface area (Å²) in [5.41, 5.74) is 3.84. The molecule has 0 aliphatic carbocycles. The van der Waals surface area contributed by atoms with E-state index < -0.39 is 4.92 Å². The average molecular weight is 333 g/mol. The molecule has 1 aromatic carbocycles. The van der Waals surface area contributed by atoms with Crippen LogP contribution in [-0.4, -0.2) is 55.7 Å². The third-order valence-corrected chi connectivity index (χ3v) is 3.91. The molecule has 1 amide bonds. The maximum atomic E-state index is 11.9. The molecular formula is C16H23N5O3. The molecular weight excluding hydrogens is 310 g/mol. The van der Waals surface area contributed by atoms with Crippen LogP contribution in [0.2, 0.25) is 0 Å². The Morgan fingerprint density at radius 3 is 2.71 bits per heavy atom. The largest absolute Gasteiger partial charge is 0.377 e. The summed E-state index contributed by atoms with van der Waals surface area (Å²) in [7, 11) is 3.68. The zero-order valence-corrected chi connectivity index (χ0v) is 14.1. The fraction of sp³-hybridized carbons (Fsp3) is 0.500. The average Bonchev–Trinajstić information content (AvgIpc) is 2.55. The molecule has 2 rings (SSSR count). The van der Waals surface area contributed by atoms with E-state index in [4.69, 9.17) is 0 Å². The number of carbonyl (C=O) groups excluding carboxylic acids is 1. The quantitative estimate of drug-likeness (QED) is 0.485. The predicted octanol–water partition coefficient (Wildman–Crippen LogP) is 1.60. The van der Waals surface area contributed by atoms with E-state index in [0.29, 0.717) is 12.1 Å². The molecule has 0 unspecified atom stereocenters. The summed E-state index contributed by atoms with van der Waals surface area (Å²) in [5, 5.41) is 14.9. The van der Waals surface area contributed by atoms with Crippen LogP contribution in [0.3, 0.4) is 0 Å². The Bertz CT molecular complexity index is 624. The lowest BCUT2D eigenvalue weighted by atomic mass is 10.1. The van der Waals surface area contributed by atoms with Crippen LogP contribution in [0.1, 0.15) is 24.8 Å². The Kier molecular flexibility index (Phi) is 6.25. The number of carbonyl (C=O) groups is 1. The highest BCUT2D eigenvalue weighted by atomic mass is 16.6. The first-order valence-electron chi connectivity index (χ1n) is 7.97. The fourth-order valence-electron chi connectivity index (χ4n) is 2.70. The minimum Gasteiger partial charge on any atom is -0.377 e. The number of hydrogen-bond acceptors (Lipinski definition) is 6. The van der Waals surface area contributed by atoms with E-state index in [1.54, 1.807) is 6.07 Å². The van der Waals surface area contributed by atoms with E-state index in [-0.39, 0.29) is 11.6 Å². The number of non-ortho nitro benzene ring substituents is 1. The van der Waals surface area contributed by atoms with Crippen molar-refractivity contribution >= 4 is 23.5 Å². The van der Waals surface area contributed by atoms with Crippen molar-refractivity contribution in [3.63, 3.8) is 0 Å². The molecule has 8 nitrogen and oxygen atoms in total. The van der Waals surface area contributed by atoms with E-state index in [1.807, 2.05) is 19.0 Å². The fourth-order valence-corrected chi connectivity index (χ4v) is 2.70. The number of nitrogens with one attached hydrogen (secondary N) is 1. The highest BCUT2D eigenvalue weighted by Crippen LogP contribution is 2.22. The molecule has 0 saturated carbocycles. The van der Waals surface area contributed by atoms with Crippen LogP contribution in [0.15, 0.2) is 23.3 Å². The van der Waals surface area contributed by atoms with Crippen LogP contribution in [0.25, 0.3) is 0 Å². The number of nitro benzene ring substituents is 1. The van der Waals surface area contributed by atoms with Gasteiger partial charge in [-0.1, -0.05) is 6.42 Å². The summed E-state index contributed by atoms with van der Waals surface area (Å²) in [6.07, 6.45) is 4.90. The number of nitrogens with zero attached hydrogens (tertiary/aromatic N) is 4. The Labute approximate surface area is 141 Å². The molecule has 0 atom stereocenters. The molecule has 0 aromatic heterocycles. The van der Waals surface area contributed by atoms with Gasteiger partial charge in [0.25, 0.3) is 11.6 Å². The normalized spacial score (nSPS) is 15.4. The maximum absolute atomic E-state index is 11.9. The van der Waals surface area contributed by atoms with E-state index in [0.717, 1.165) is 31.6 Å². The molecule has 24 heavy (non-hydrogen) atoms. The SMILES string of the molecule is CN(C)c1ccc([N+](=O)[O-])cc1/C=N\NC(=O)CN1CCCCC1. The summed E-state index contributed by atoms with van der Waals surface area (Å²) in [6.45, 7) is 2.20. The van der Waals surface area contributed by atoms with Crippen LogP contribution >= 0.6 is 0 Å². The van der Waals surface area contributed by atoms with Gasteiger partial charge in [-0.15, -0.1) is 0 Å². The van der Waals surface area contributed by atoms with E-state index in [1.165, 1.54) is 24.8 Å². The Hall–Kier alpha value is -2.48. The van der Waals surface area contributed by atoms with Gasteiger partial charge < -0.3 is 4.90 Å². The van der Waals surface area contributed by atoms with Gasteiger partial charge in [-0.25, -0.2) is 5.43 Å². The summed E-state index contributed by atoms with van der Waals surface area (Å²) in [6, 6.07) is 4.55. The zero-order valence-electron chi connectivity index (χ0n) is 14.1. The van der Waals surface area contributed by atoms with Gasteiger partial charge in [0.15, 0.2) is 0 Å². The molecule has 1 heterocycles. The van der Waals surface area contributed by atoms with Gasteiger partial charge in [0.05, 0.1) is 17.7 Å². The lowest BCUT2D eigenvalue weighted by Crippen LogP contribution is -2.38. The van der Waals surface area contributed by atoms with Gasteiger partial charge >= 0.3 is 0 Å². The first-order chi connectivity index (χ1) is 11.5. The van der Waals surface area contributed by atoms with E-state index >= 15 is 0 Å². The molecule has 1 aliphatic rings. The van der Waals surface area contributed by atoms with Crippen molar-refractivity contribution in [1.82, 2.24) is 10.3 Å². The lowest BCUT2D eigenvalue weighted by Gasteiger charge is -2.25. The molecule has 1 aliphatic heterocycles. The molecule has 130 valence electrons. The number of likely N-dealkylation sites (tertiary alicyclic amines) is 1. The highest BCUT2D eigenvalue weighted by Gasteiger charge is 2.14. The van der Waals surface area contributed by atoms with Gasteiger partial charge in [0, 0.05) is 37.5 Å². The predicted molar refractivity (Wildman–Crippen MR) is 93.5 cm³/mol. The number of hydrazone groups is 1. The van der Waals surface area contributed by atoms with Crippen molar-refractivity contribution in [1.29, 1.82) is 0 Å². The second kappa shape index (κ2) is 8.39. The van der Waals surface area contributed by atoms with Crippen molar-refractivity contribution in [2.45, 2.75) is 19.3 Å². The third-order valence-electron chi connectivity index (χ3n) is 3.91. The van der Waals surface area contributed by atoms with Gasteiger partial charge in [-0.3, -0.25) is 19.8 Å². The summed E-state index contributed by atoms with van der Waals surface area (Å²) in [5.74, 6) is -0.176. The minimum atomic E-state index is -0.453. The number of benzene rings is 1. The standard InChI is InChI=1S/C16H23N5O3/c1-19(2)15-7-6-14(21(23)24)10-13(15)11-17-18-16(22)12-20-8-4-3-5-9-20/h6-7,10-11H,3-5,8-9,12H2,1-2H3,(H,18,22)/b17-11-. The first kappa shape index (κ1) is 17.9. The monoisotopic (exact) mass is 333 g/mol. The summed E-state index contributed by atoms with van der Waals surface area (Å²) in [4.78, 5) is 26.3. The third kappa shape index (κ3) is 5.02. The zero-order chi connectivity index (χ0) is 17.5. The van der Waals surface area contributed by atoms with E-state index in [2.05, 4.69) is 15.4 Å². The smallest absolute Gasteiger partial charge is 0.270 e. The van der Waals surface area contributed by atoms with Gasteiger partial charge in [0.2, 0.25) is 0 Å². The van der Waals surface area contributed by atoms with Crippen molar-refractivity contribution in [3.8, 4) is 0 Å². The summed E-state index contributed by atoms with van der Waals surface area (Å²) < 4.78 is 0. The van der Waals surface area contributed by atoms with Gasteiger partial charge in [0.1, 0.15) is 0 Å². The van der Waals surface area contributed by atoms with Crippen molar-refractivity contribution in [3.05, 3.63) is 33.9 Å². The number of hydrogen-bond donors (Lipinski definition) is 1. The maximum Gasteiger partial charge on any atom is 0.270 e. The Morgan fingerprint density at radius 2 is 2.08 bits per heavy atom. The first-order valence-corrected chi connectivity index (χ1v) is 7.97. The highest BCUT2D eigenvalue weighted by molar-refractivity contribution is 5.90. The molecule has 1 saturated heterocycles. The molecule has 1 aromatic rings. The Balaban J connectivity index is 2.00. The minimum absolute atomic E-state index is 0.0123. The second-order valence-corrected chi connectivity index (χ2v) is 6.02. The summed E-state index contributed by atoms with van der Waals surface area (Å²) >= 11 is 0. The molecule has 1 N–H and O–H groups in total. The van der Waals surface area contributed by atoms with Crippen LogP contribution in [0, 0.1) is 10.1 Å². The van der Waals surface area contributed by atoms with Crippen LogP contribution in [0.4, 0.5) is 11.4 Å². The van der Waals surface area contributed by atoms with Crippen LogP contribution in [0.5, 0.6) is 0 Å². The molecule has 8 heteroatoms. The number of rotatable bonds is 6. The molecule has 0 radical (unpaired) electrons. The number of amides is 1. The molecule has 0 bridgehead atoms. The number of piperidine rings is 1. The second-order valence-electron chi connectivity index (χ2n) is 6.02. The van der Waals surface area contributed by atoms with Crippen molar-refractivity contribution in [2.24, 2.45) is 5.10 Å². The lowest BCUT2D eigenvalue weighted by molar-refractivity contribution is -0.384. The van der Waals surface area contributed by atoms with Crippen LogP contribution in [-0.2, 0) is 4.79 Å². The topological polar surface area (TPSA) is 91.1 Å². The number of nitro groups is 1.